The summed E-state index contributed by atoms with van der Waals surface area (Å²) in [7, 11) is 5.15. The zero-order valence-electron chi connectivity index (χ0n) is 16.7. The van der Waals surface area contributed by atoms with E-state index >= 15 is 0 Å². The molecule has 0 fully saturated rings. The lowest BCUT2D eigenvalue weighted by atomic mass is 9.84. The minimum atomic E-state index is -0.487. The van der Waals surface area contributed by atoms with Gasteiger partial charge in [0.25, 0.3) is 0 Å². The normalized spacial score (nSPS) is 16.4. The summed E-state index contributed by atoms with van der Waals surface area (Å²) in [5, 5.41) is 2.05. The lowest BCUT2D eigenvalue weighted by molar-refractivity contribution is -0.118. The number of ether oxygens (including phenoxy) is 4. The lowest BCUT2D eigenvalue weighted by Crippen LogP contribution is -2.33. The van der Waals surface area contributed by atoms with Crippen LogP contribution in [0, 0.1) is 0 Å². The van der Waals surface area contributed by atoms with Crippen LogP contribution in [0.4, 0.5) is 5.69 Å². The molecule has 2 aliphatic rings. The van der Waals surface area contributed by atoms with Crippen molar-refractivity contribution in [1.29, 1.82) is 0 Å². The zero-order chi connectivity index (χ0) is 20.3. The molecule has 3 aromatic carbocycles. The molecule has 6 nitrogen and oxygen atoms in total. The third-order valence-electron chi connectivity index (χ3n) is 5.76. The van der Waals surface area contributed by atoms with Crippen molar-refractivity contribution in [2.75, 3.05) is 33.0 Å². The maximum absolute atomic E-state index is 12.8. The van der Waals surface area contributed by atoms with Crippen LogP contribution in [0.15, 0.2) is 36.4 Å². The van der Waals surface area contributed by atoms with Gasteiger partial charge >= 0.3 is 0 Å². The Morgan fingerprint density at radius 2 is 1.76 bits per heavy atom. The van der Waals surface area contributed by atoms with Gasteiger partial charge in [-0.15, -0.1) is 0 Å². The van der Waals surface area contributed by atoms with Gasteiger partial charge in [-0.2, -0.15) is 0 Å². The van der Waals surface area contributed by atoms with Crippen LogP contribution < -0.4 is 23.8 Å². The van der Waals surface area contributed by atoms with E-state index < -0.39 is 6.04 Å². The quantitative estimate of drug-likeness (QED) is 0.662. The molecule has 3 aromatic rings. The summed E-state index contributed by atoms with van der Waals surface area (Å²) in [6, 6.07) is 11.5. The highest BCUT2D eigenvalue weighted by atomic mass is 16.7. The first-order valence-corrected chi connectivity index (χ1v) is 9.40. The van der Waals surface area contributed by atoms with Crippen molar-refractivity contribution in [2.24, 2.45) is 0 Å². The number of anilines is 1. The van der Waals surface area contributed by atoms with Crippen LogP contribution in [0.3, 0.4) is 0 Å². The summed E-state index contributed by atoms with van der Waals surface area (Å²) in [5.41, 5.74) is 3.82. The van der Waals surface area contributed by atoms with E-state index in [2.05, 4.69) is 12.1 Å². The fraction of sp³-hybridized carbons (Fsp3) is 0.261. The fourth-order valence-corrected chi connectivity index (χ4v) is 4.55. The molecule has 5 rings (SSSR count). The number of rotatable bonds is 3. The molecule has 1 atom stereocenters. The topological polar surface area (TPSA) is 57.2 Å². The highest BCUT2D eigenvalue weighted by Gasteiger charge is 2.37. The Hall–Kier alpha value is -3.41. The third kappa shape index (κ3) is 2.38. The number of carbonyl (C=O) groups is 1. The van der Waals surface area contributed by atoms with Crippen molar-refractivity contribution in [3.63, 3.8) is 0 Å². The smallest absolute Gasteiger partial charge is 0.231 e. The van der Waals surface area contributed by atoms with Crippen molar-refractivity contribution < 1.29 is 23.7 Å². The maximum Gasteiger partial charge on any atom is 0.231 e. The molecule has 0 aliphatic carbocycles. The van der Waals surface area contributed by atoms with Crippen molar-refractivity contribution in [3.05, 3.63) is 42.0 Å². The molecule has 0 saturated heterocycles. The van der Waals surface area contributed by atoms with Gasteiger partial charge in [0.15, 0.2) is 28.8 Å². The average Bonchev–Trinajstić information content (AvgIpc) is 3.17. The average molecular weight is 391 g/mol. The molecular weight excluding hydrogens is 370 g/mol. The summed E-state index contributed by atoms with van der Waals surface area (Å²) in [6.07, 6.45) is 0. The summed E-state index contributed by atoms with van der Waals surface area (Å²) in [4.78, 5) is 14.8. The number of hydrogen-bond acceptors (Lipinski definition) is 6. The lowest BCUT2D eigenvalue weighted by Gasteiger charge is -2.38. The number of hydrogen-bond donors (Lipinski definition) is 0. The summed E-state index contributed by atoms with van der Waals surface area (Å²) < 4.78 is 22.3. The molecule has 29 heavy (non-hydrogen) atoms. The number of fused-ring (bicyclic) bond motifs is 6. The Kier molecular flexibility index (Phi) is 3.84. The Balaban J connectivity index is 1.87. The molecule has 0 spiro atoms. The summed E-state index contributed by atoms with van der Waals surface area (Å²) in [5.74, 6) is 2.69. The summed E-state index contributed by atoms with van der Waals surface area (Å²) in [6.45, 7) is 1.83. The predicted octanol–water partition coefficient (Wildman–Crippen LogP) is 4.33. The molecule has 2 aliphatic heterocycles. The number of methoxy groups -OCH3 is 2. The number of likely N-dealkylation sites (N-methyl/N-ethyl adjacent to an activating group) is 1. The van der Waals surface area contributed by atoms with E-state index in [1.165, 1.54) is 0 Å². The first-order chi connectivity index (χ1) is 14.0. The van der Waals surface area contributed by atoms with Gasteiger partial charge in [-0.3, -0.25) is 4.79 Å². The first-order valence-electron chi connectivity index (χ1n) is 9.40. The maximum atomic E-state index is 12.8. The SMILES string of the molecule is COc1ccc2c(c1OC)[C@H](C(C)=O)N(C)c1c-2ccc2cc3c(cc12)OCO3. The second kappa shape index (κ2) is 6.30. The number of carbonyl (C=O) groups excluding carboxylic acids is 1. The standard InChI is InChI=1S/C23H21NO5/c1-12(25)21-20-14(7-8-17(26-3)23(20)27-4)15-6-5-13-9-18-19(29-11-28-18)10-16(13)22(15)24(21)2/h5-10,21H,11H2,1-4H3/t21-/m0/s1. The van der Waals surface area contributed by atoms with Crippen molar-refractivity contribution in [1.82, 2.24) is 0 Å². The van der Waals surface area contributed by atoms with Crippen LogP contribution in [-0.4, -0.2) is 33.8 Å². The van der Waals surface area contributed by atoms with Gasteiger partial charge in [-0.25, -0.2) is 0 Å². The van der Waals surface area contributed by atoms with E-state index in [0.717, 1.165) is 44.6 Å². The number of nitrogens with zero attached hydrogens (tertiary/aromatic N) is 1. The molecule has 148 valence electrons. The van der Waals surface area contributed by atoms with E-state index in [1.807, 2.05) is 36.2 Å². The van der Waals surface area contributed by atoms with Crippen LogP contribution in [-0.2, 0) is 4.79 Å². The van der Waals surface area contributed by atoms with Crippen LogP contribution in [0.25, 0.3) is 21.9 Å². The summed E-state index contributed by atoms with van der Waals surface area (Å²) >= 11 is 0. The van der Waals surface area contributed by atoms with Gasteiger partial charge in [0.1, 0.15) is 6.04 Å². The van der Waals surface area contributed by atoms with Crippen LogP contribution in [0.1, 0.15) is 18.5 Å². The van der Waals surface area contributed by atoms with E-state index in [0.29, 0.717) is 11.5 Å². The van der Waals surface area contributed by atoms with Crippen molar-refractivity contribution >= 4 is 22.2 Å². The van der Waals surface area contributed by atoms with Gasteiger partial charge in [0.05, 0.1) is 19.9 Å². The molecule has 0 saturated carbocycles. The predicted molar refractivity (Wildman–Crippen MR) is 110 cm³/mol. The van der Waals surface area contributed by atoms with Gasteiger partial charge < -0.3 is 23.8 Å². The van der Waals surface area contributed by atoms with Gasteiger partial charge in [0.2, 0.25) is 6.79 Å². The molecule has 0 N–H and O–H groups in total. The highest BCUT2D eigenvalue weighted by Crippen LogP contribution is 2.53. The van der Waals surface area contributed by atoms with Crippen LogP contribution in [0.2, 0.25) is 0 Å². The Bertz CT molecular complexity index is 1170. The van der Waals surface area contributed by atoms with E-state index in [1.54, 1.807) is 21.1 Å². The number of benzene rings is 3. The molecule has 0 aromatic heterocycles. The second-order valence-electron chi connectivity index (χ2n) is 7.27. The minimum Gasteiger partial charge on any atom is -0.493 e. The molecular formula is C23H21NO5. The van der Waals surface area contributed by atoms with Crippen LogP contribution >= 0.6 is 0 Å². The number of Topliss-reactive ketones (excluding diaryl/α,β-unsaturated/α-hetero) is 1. The van der Waals surface area contributed by atoms with E-state index in [-0.39, 0.29) is 12.6 Å². The van der Waals surface area contributed by atoms with E-state index in [4.69, 9.17) is 18.9 Å². The van der Waals surface area contributed by atoms with Crippen molar-refractivity contribution in [3.8, 4) is 34.1 Å². The minimum absolute atomic E-state index is 0.0312. The largest absolute Gasteiger partial charge is 0.493 e. The Labute approximate surface area is 168 Å². The van der Waals surface area contributed by atoms with E-state index in [9.17, 15) is 4.79 Å². The van der Waals surface area contributed by atoms with Crippen LogP contribution in [0.5, 0.6) is 23.0 Å². The second-order valence-corrected chi connectivity index (χ2v) is 7.27. The van der Waals surface area contributed by atoms with Gasteiger partial charge in [-0.05, 0) is 42.1 Å². The molecule has 0 bridgehead atoms. The number of ketones is 1. The Morgan fingerprint density at radius 3 is 2.45 bits per heavy atom. The molecule has 6 heteroatoms. The molecule has 2 heterocycles. The highest BCUT2D eigenvalue weighted by molar-refractivity contribution is 6.08. The van der Waals surface area contributed by atoms with Gasteiger partial charge in [-0.1, -0.05) is 12.1 Å². The molecule has 0 unspecified atom stereocenters. The molecule has 0 amide bonds. The Morgan fingerprint density at radius 1 is 1.03 bits per heavy atom. The monoisotopic (exact) mass is 391 g/mol. The third-order valence-corrected chi connectivity index (χ3v) is 5.76. The molecule has 0 radical (unpaired) electrons. The zero-order valence-corrected chi connectivity index (χ0v) is 16.7. The van der Waals surface area contributed by atoms with Gasteiger partial charge in [0, 0.05) is 23.6 Å². The first kappa shape index (κ1) is 17.7. The fourth-order valence-electron chi connectivity index (χ4n) is 4.55. The van der Waals surface area contributed by atoms with Crippen molar-refractivity contribution in [2.45, 2.75) is 13.0 Å².